The van der Waals surface area contributed by atoms with Crippen LogP contribution in [0.15, 0.2) is 82.8 Å². The van der Waals surface area contributed by atoms with Crippen molar-refractivity contribution in [2.75, 3.05) is 20.8 Å². The topological polar surface area (TPSA) is 113 Å². The van der Waals surface area contributed by atoms with Gasteiger partial charge < -0.3 is 24.3 Å². The summed E-state index contributed by atoms with van der Waals surface area (Å²) in [6, 6.07) is 20.5. The molecule has 9 nitrogen and oxygen atoms in total. The Balaban J connectivity index is 1.44. The molecule has 0 bridgehead atoms. The number of ether oxygens (including phenoxy) is 3. The first-order chi connectivity index (χ1) is 19.9. The summed E-state index contributed by atoms with van der Waals surface area (Å²) in [7, 11) is 3.09. The predicted octanol–water partition coefficient (Wildman–Crippen LogP) is 5.88. The molecule has 1 aliphatic rings. The third-order valence-electron chi connectivity index (χ3n) is 6.60. The summed E-state index contributed by atoms with van der Waals surface area (Å²) in [5, 5.41) is 10.9. The van der Waals surface area contributed by atoms with Gasteiger partial charge in [0.1, 0.15) is 5.75 Å². The monoisotopic (exact) mass is 571 g/mol. The summed E-state index contributed by atoms with van der Waals surface area (Å²) in [6.07, 6.45) is 3.36. The Kier molecular flexibility index (Phi) is 8.30. The number of carboxylic acids is 1. The van der Waals surface area contributed by atoms with Crippen LogP contribution >= 0.6 is 11.8 Å². The van der Waals surface area contributed by atoms with E-state index in [-0.39, 0.29) is 5.91 Å². The lowest BCUT2D eigenvalue weighted by molar-refractivity contribution is -0.144. The van der Waals surface area contributed by atoms with Crippen molar-refractivity contribution in [3.05, 3.63) is 89.0 Å². The van der Waals surface area contributed by atoms with Crippen LogP contribution in [-0.4, -0.2) is 58.9 Å². The number of nitrogens with zero attached hydrogens (tertiary/aromatic N) is 2. The molecule has 0 aliphatic carbocycles. The minimum Gasteiger partial charge on any atom is -0.497 e. The molecular formula is C31H29N3O6S. The number of rotatable bonds is 10. The number of amides is 1. The Morgan fingerprint density at radius 3 is 2.59 bits per heavy atom. The standard InChI is InChI=1S/C31H29N3O6S/c1-19(30(36)37)40-26-13-8-20(16-27(26)39-3)17-28-29(35)34(15-14-21-18-32-25-7-5-4-6-24(21)25)31(41-28)33-22-9-11-23(38-2)12-10-22/h4-13,16-19,32H,14-15H2,1-3H3,(H,36,37)/b28-17+,33-31?. The Bertz CT molecular complexity index is 1640. The smallest absolute Gasteiger partial charge is 0.344 e. The zero-order chi connectivity index (χ0) is 28.9. The molecule has 1 atom stereocenters. The number of thioether (sulfide) groups is 1. The van der Waals surface area contributed by atoms with E-state index in [1.807, 2.05) is 48.7 Å². The SMILES string of the molecule is COc1ccc(N=C2S/C(=C/c3ccc(OC(C)C(=O)O)c(OC)c3)C(=O)N2CCc2c[nH]c3ccccc23)cc1. The highest BCUT2D eigenvalue weighted by Crippen LogP contribution is 2.36. The van der Waals surface area contributed by atoms with E-state index in [0.29, 0.717) is 45.8 Å². The molecule has 1 fully saturated rings. The van der Waals surface area contributed by atoms with Gasteiger partial charge in [0.05, 0.1) is 24.8 Å². The Morgan fingerprint density at radius 2 is 1.85 bits per heavy atom. The number of fused-ring (bicyclic) bond motifs is 1. The van der Waals surface area contributed by atoms with E-state index in [4.69, 9.17) is 19.2 Å². The minimum atomic E-state index is -1.08. The molecule has 1 amide bonds. The van der Waals surface area contributed by atoms with Gasteiger partial charge in [-0.05, 0) is 84.8 Å². The maximum absolute atomic E-state index is 13.7. The van der Waals surface area contributed by atoms with E-state index in [1.165, 1.54) is 25.8 Å². The second kappa shape index (κ2) is 12.2. The van der Waals surface area contributed by atoms with Gasteiger partial charge in [0.25, 0.3) is 5.91 Å². The van der Waals surface area contributed by atoms with E-state index in [1.54, 1.807) is 36.3 Å². The third-order valence-corrected chi connectivity index (χ3v) is 7.61. The molecule has 1 aliphatic heterocycles. The second-order valence-corrected chi connectivity index (χ2v) is 10.3. The number of aliphatic imine (C=N–C) groups is 1. The number of carbonyl (C=O) groups is 2. The number of carboxylic acid groups (broad SMARTS) is 1. The van der Waals surface area contributed by atoms with E-state index in [0.717, 1.165) is 22.2 Å². The van der Waals surface area contributed by atoms with Crippen molar-refractivity contribution in [1.29, 1.82) is 0 Å². The molecule has 1 aromatic heterocycles. The molecular weight excluding hydrogens is 542 g/mol. The number of carbonyl (C=O) groups excluding carboxylic acids is 1. The van der Waals surface area contributed by atoms with Crippen LogP contribution in [0.1, 0.15) is 18.1 Å². The number of hydrogen-bond donors (Lipinski definition) is 2. The first kappa shape index (κ1) is 27.9. The summed E-state index contributed by atoms with van der Waals surface area (Å²) >= 11 is 1.30. The lowest BCUT2D eigenvalue weighted by atomic mass is 10.1. The fraction of sp³-hybridized carbons (Fsp3) is 0.194. The first-order valence-corrected chi connectivity index (χ1v) is 13.7. The van der Waals surface area contributed by atoms with Gasteiger partial charge >= 0.3 is 5.97 Å². The van der Waals surface area contributed by atoms with Gasteiger partial charge in [0.2, 0.25) is 0 Å². The minimum absolute atomic E-state index is 0.152. The van der Waals surface area contributed by atoms with Gasteiger partial charge in [-0.1, -0.05) is 24.3 Å². The maximum atomic E-state index is 13.7. The number of aromatic nitrogens is 1. The van der Waals surface area contributed by atoms with E-state index in [2.05, 4.69) is 11.1 Å². The van der Waals surface area contributed by atoms with Gasteiger partial charge in [-0.3, -0.25) is 9.69 Å². The van der Waals surface area contributed by atoms with Gasteiger partial charge in [0.15, 0.2) is 22.8 Å². The molecule has 1 unspecified atom stereocenters. The van der Waals surface area contributed by atoms with Gasteiger partial charge in [0, 0.05) is 23.6 Å². The maximum Gasteiger partial charge on any atom is 0.344 e. The predicted molar refractivity (Wildman–Crippen MR) is 160 cm³/mol. The molecule has 1 saturated heterocycles. The molecule has 0 spiro atoms. The van der Waals surface area contributed by atoms with E-state index < -0.39 is 12.1 Å². The molecule has 2 N–H and O–H groups in total. The Hall–Kier alpha value is -4.70. The number of para-hydroxylation sites is 1. The normalized spacial score (nSPS) is 16.0. The van der Waals surface area contributed by atoms with Crippen molar-refractivity contribution in [2.24, 2.45) is 4.99 Å². The van der Waals surface area contributed by atoms with Crippen LogP contribution in [0.4, 0.5) is 5.69 Å². The van der Waals surface area contributed by atoms with Gasteiger partial charge in [-0.25, -0.2) is 9.79 Å². The Labute approximate surface area is 241 Å². The van der Waals surface area contributed by atoms with Crippen molar-refractivity contribution in [1.82, 2.24) is 9.88 Å². The molecule has 5 rings (SSSR count). The van der Waals surface area contributed by atoms with Crippen LogP contribution in [0.25, 0.3) is 17.0 Å². The Morgan fingerprint density at radius 1 is 1.07 bits per heavy atom. The average molecular weight is 572 g/mol. The summed E-state index contributed by atoms with van der Waals surface area (Å²) in [5.74, 6) is 0.159. The number of H-pyrrole nitrogens is 1. The highest BCUT2D eigenvalue weighted by Gasteiger charge is 2.33. The van der Waals surface area contributed by atoms with Crippen LogP contribution in [0.5, 0.6) is 17.2 Å². The molecule has 0 radical (unpaired) electrons. The fourth-order valence-corrected chi connectivity index (χ4v) is 5.41. The van der Waals surface area contributed by atoms with Crippen molar-refractivity contribution in [2.45, 2.75) is 19.4 Å². The highest BCUT2D eigenvalue weighted by molar-refractivity contribution is 8.18. The lowest BCUT2D eigenvalue weighted by Gasteiger charge is -2.15. The number of nitrogens with one attached hydrogen (secondary N) is 1. The van der Waals surface area contributed by atoms with Gasteiger partial charge in [-0.15, -0.1) is 0 Å². The molecule has 3 aromatic carbocycles. The zero-order valence-corrected chi connectivity index (χ0v) is 23.6. The molecule has 2 heterocycles. The quantitative estimate of drug-likeness (QED) is 0.228. The third kappa shape index (κ3) is 6.22. The van der Waals surface area contributed by atoms with E-state index >= 15 is 0 Å². The molecule has 210 valence electrons. The number of hydrogen-bond acceptors (Lipinski definition) is 7. The van der Waals surface area contributed by atoms with Crippen LogP contribution < -0.4 is 14.2 Å². The van der Waals surface area contributed by atoms with Crippen LogP contribution in [0.3, 0.4) is 0 Å². The molecule has 10 heteroatoms. The number of aromatic amines is 1. The molecule has 41 heavy (non-hydrogen) atoms. The van der Waals surface area contributed by atoms with E-state index in [9.17, 15) is 14.7 Å². The number of aliphatic carboxylic acids is 1. The van der Waals surface area contributed by atoms with Crippen LogP contribution in [-0.2, 0) is 16.0 Å². The number of benzene rings is 3. The molecule has 0 saturated carbocycles. The highest BCUT2D eigenvalue weighted by atomic mass is 32.2. The first-order valence-electron chi connectivity index (χ1n) is 12.9. The van der Waals surface area contributed by atoms with Crippen molar-refractivity contribution in [3.63, 3.8) is 0 Å². The summed E-state index contributed by atoms with van der Waals surface area (Å²) in [5.41, 5.74) is 3.58. The fourth-order valence-electron chi connectivity index (χ4n) is 4.39. The zero-order valence-electron chi connectivity index (χ0n) is 22.8. The van der Waals surface area contributed by atoms with Crippen LogP contribution in [0, 0.1) is 0 Å². The van der Waals surface area contributed by atoms with Gasteiger partial charge in [-0.2, -0.15) is 0 Å². The van der Waals surface area contributed by atoms with Crippen molar-refractivity contribution >= 4 is 51.5 Å². The largest absolute Gasteiger partial charge is 0.497 e. The summed E-state index contributed by atoms with van der Waals surface area (Å²) in [6.45, 7) is 1.89. The second-order valence-electron chi connectivity index (χ2n) is 9.28. The number of amidine groups is 1. The summed E-state index contributed by atoms with van der Waals surface area (Å²) in [4.78, 5) is 35.2. The number of methoxy groups -OCH3 is 2. The van der Waals surface area contributed by atoms with Crippen molar-refractivity contribution in [3.8, 4) is 17.2 Å². The average Bonchev–Trinajstić information content (AvgIpc) is 3.52. The van der Waals surface area contributed by atoms with Crippen molar-refractivity contribution < 1.29 is 28.9 Å². The molecule has 4 aromatic rings. The van der Waals surface area contributed by atoms with Crippen LogP contribution in [0.2, 0.25) is 0 Å². The lowest BCUT2D eigenvalue weighted by Crippen LogP contribution is -2.31. The summed E-state index contributed by atoms with van der Waals surface area (Å²) < 4.78 is 16.2.